The van der Waals surface area contributed by atoms with E-state index in [-0.39, 0.29) is 30.2 Å². The Morgan fingerprint density at radius 3 is 2.38 bits per heavy atom. The molecule has 0 spiro atoms. The SMILES string of the molecule is O=C(C1CC[NH+]([C@H]2CC(=O)N(c3cccc(Cl)c3)C2=O)CC1)N1CCCCCC1. The van der Waals surface area contributed by atoms with Crippen LogP contribution < -0.4 is 9.80 Å². The molecule has 3 amide bonds. The summed E-state index contributed by atoms with van der Waals surface area (Å²) in [4.78, 5) is 42.9. The van der Waals surface area contributed by atoms with E-state index in [0.29, 0.717) is 16.6 Å². The lowest BCUT2D eigenvalue weighted by Crippen LogP contribution is -3.17. The van der Waals surface area contributed by atoms with Crippen LogP contribution in [-0.4, -0.2) is 54.8 Å². The maximum atomic E-state index is 13.0. The van der Waals surface area contributed by atoms with Gasteiger partial charge in [-0.1, -0.05) is 30.5 Å². The highest BCUT2D eigenvalue weighted by Gasteiger charge is 2.47. The van der Waals surface area contributed by atoms with E-state index in [1.54, 1.807) is 24.3 Å². The second kappa shape index (κ2) is 8.84. The number of benzene rings is 1. The molecule has 6 nitrogen and oxygen atoms in total. The van der Waals surface area contributed by atoms with Crippen molar-refractivity contribution in [1.29, 1.82) is 0 Å². The molecule has 0 aliphatic carbocycles. The fourth-order valence-electron chi connectivity index (χ4n) is 4.97. The summed E-state index contributed by atoms with van der Waals surface area (Å²) in [6.07, 6.45) is 6.45. The van der Waals surface area contributed by atoms with E-state index in [2.05, 4.69) is 0 Å². The minimum atomic E-state index is -0.351. The average Bonchev–Trinajstić information content (AvgIpc) is 2.90. The number of hydrogen-bond acceptors (Lipinski definition) is 3. The van der Waals surface area contributed by atoms with E-state index in [1.165, 1.54) is 17.7 Å². The summed E-state index contributed by atoms with van der Waals surface area (Å²) in [7, 11) is 0. The van der Waals surface area contributed by atoms with Crippen molar-refractivity contribution in [1.82, 2.24) is 4.90 Å². The van der Waals surface area contributed by atoms with Crippen LogP contribution in [0, 0.1) is 5.92 Å². The van der Waals surface area contributed by atoms with Crippen molar-refractivity contribution in [3.05, 3.63) is 29.3 Å². The molecule has 156 valence electrons. The van der Waals surface area contributed by atoms with Gasteiger partial charge in [-0.25, -0.2) is 4.90 Å². The normalized spacial score (nSPS) is 28.5. The van der Waals surface area contributed by atoms with Crippen LogP contribution in [0.3, 0.4) is 0 Å². The predicted octanol–water partition coefficient (Wildman–Crippen LogP) is 1.67. The van der Waals surface area contributed by atoms with Gasteiger partial charge in [-0.2, -0.15) is 0 Å². The molecule has 1 N–H and O–H groups in total. The van der Waals surface area contributed by atoms with Crippen molar-refractivity contribution in [2.24, 2.45) is 5.92 Å². The van der Waals surface area contributed by atoms with Crippen molar-refractivity contribution in [3.8, 4) is 0 Å². The molecule has 0 radical (unpaired) electrons. The van der Waals surface area contributed by atoms with E-state index in [9.17, 15) is 14.4 Å². The third-order valence-corrected chi connectivity index (χ3v) is 6.84. The first-order chi connectivity index (χ1) is 14.0. The smallest absolute Gasteiger partial charge is 0.292 e. The Balaban J connectivity index is 1.37. The molecule has 0 bridgehead atoms. The summed E-state index contributed by atoms with van der Waals surface area (Å²) in [5.74, 6) is 0.0375. The van der Waals surface area contributed by atoms with Gasteiger partial charge >= 0.3 is 0 Å². The molecule has 3 heterocycles. The van der Waals surface area contributed by atoms with Gasteiger partial charge in [0.15, 0.2) is 6.04 Å². The molecule has 1 aromatic carbocycles. The molecule has 4 rings (SSSR count). The van der Waals surface area contributed by atoms with E-state index in [1.807, 2.05) is 4.90 Å². The van der Waals surface area contributed by atoms with Crippen molar-refractivity contribution >= 4 is 35.0 Å². The highest BCUT2D eigenvalue weighted by Crippen LogP contribution is 2.25. The van der Waals surface area contributed by atoms with Gasteiger partial charge in [0.25, 0.3) is 5.91 Å². The van der Waals surface area contributed by atoms with Crippen molar-refractivity contribution in [3.63, 3.8) is 0 Å². The topological polar surface area (TPSA) is 62.1 Å². The average molecular weight is 419 g/mol. The van der Waals surface area contributed by atoms with Crippen LogP contribution in [0.4, 0.5) is 5.69 Å². The van der Waals surface area contributed by atoms with Gasteiger partial charge in [0, 0.05) is 36.9 Å². The molecule has 0 saturated carbocycles. The fraction of sp³-hybridized carbons (Fsp3) is 0.591. The van der Waals surface area contributed by atoms with Gasteiger partial charge in [0.1, 0.15) is 0 Å². The molecule has 1 aromatic rings. The second-order valence-electron chi connectivity index (χ2n) is 8.48. The molecular formula is C22H29ClN3O3+. The number of likely N-dealkylation sites (tertiary alicyclic amines) is 2. The summed E-state index contributed by atoms with van der Waals surface area (Å²) >= 11 is 6.03. The Labute approximate surface area is 176 Å². The van der Waals surface area contributed by atoms with Crippen LogP contribution in [0.1, 0.15) is 44.9 Å². The quantitative estimate of drug-likeness (QED) is 0.759. The molecule has 0 unspecified atom stereocenters. The number of nitrogens with zero attached hydrogens (tertiary/aromatic N) is 2. The lowest BCUT2D eigenvalue weighted by atomic mass is 9.94. The second-order valence-corrected chi connectivity index (χ2v) is 8.91. The Bertz CT molecular complexity index is 783. The third kappa shape index (κ3) is 4.33. The number of anilines is 1. The highest BCUT2D eigenvalue weighted by atomic mass is 35.5. The molecule has 3 fully saturated rings. The molecule has 3 aliphatic rings. The van der Waals surface area contributed by atoms with Crippen molar-refractivity contribution in [2.45, 2.75) is 51.0 Å². The lowest BCUT2D eigenvalue weighted by Gasteiger charge is -2.33. The van der Waals surface area contributed by atoms with Crippen LogP contribution in [0.5, 0.6) is 0 Å². The number of nitrogens with one attached hydrogen (secondary N) is 1. The Hall–Kier alpha value is -1.92. The third-order valence-electron chi connectivity index (χ3n) is 6.60. The number of carbonyl (C=O) groups excluding carboxylic acids is 3. The first-order valence-electron chi connectivity index (χ1n) is 10.8. The number of imide groups is 1. The number of carbonyl (C=O) groups is 3. The Kier molecular flexibility index (Phi) is 6.20. The van der Waals surface area contributed by atoms with Crippen LogP contribution in [0.25, 0.3) is 0 Å². The van der Waals surface area contributed by atoms with E-state index >= 15 is 0 Å². The van der Waals surface area contributed by atoms with Gasteiger partial charge in [-0.05, 0) is 31.0 Å². The summed E-state index contributed by atoms with van der Waals surface area (Å²) in [6.45, 7) is 3.29. The Morgan fingerprint density at radius 1 is 1.03 bits per heavy atom. The monoisotopic (exact) mass is 418 g/mol. The maximum Gasteiger partial charge on any atom is 0.292 e. The molecule has 29 heavy (non-hydrogen) atoms. The number of rotatable bonds is 3. The zero-order valence-electron chi connectivity index (χ0n) is 16.7. The number of piperidine rings is 1. The number of quaternary nitrogens is 1. The van der Waals surface area contributed by atoms with Crippen molar-refractivity contribution in [2.75, 3.05) is 31.1 Å². The molecule has 7 heteroatoms. The van der Waals surface area contributed by atoms with Gasteiger partial charge in [-0.15, -0.1) is 0 Å². The number of halogens is 1. The van der Waals surface area contributed by atoms with Crippen molar-refractivity contribution < 1.29 is 19.3 Å². The zero-order valence-corrected chi connectivity index (χ0v) is 17.5. The highest BCUT2D eigenvalue weighted by molar-refractivity contribution is 6.31. The number of amides is 3. The maximum absolute atomic E-state index is 13.0. The standard InChI is InChI=1S/C22H28ClN3O3/c23-17-6-5-7-18(14-17)26-20(27)15-19(22(26)29)24-12-8-16(9-13-24)21(28)25-10-3-1-2-4-11-25/h5-7,14,16,19H,1-4,8-13,15H2/p+1/t19-/m0/s1. The van der Waals surface area contributed by atoms with E-state index < -0.39 is 0 Å². The molecule has 0 aromatic heterocycles. The van der Waals surface area contributed by atoms with Gasteiger partial charge < -0.3 is 9.80 Å². The van der Waals surface area contributed by atoms with E-state index in [4.69, 9.17) is 11.6 Å². The first kappa shape index (κ1) is 20.4. The molecule has 3 saturated heterocycles. The Morgan fingerprint density at radius 2 is 1.72 bits per heavy atom. The van der Waals surface area contributed by atoms with Crippen LogP contribution in [0.15, 0.2) is 24.3 Å². The molecule has 3 aliphatic heterocycles. The zero-order chi connectivity index (χ0) is 20.4. The fourth-order valence-corrected chi connectivity index (χ4v) is 5.16. The minimum Gasteiger partial charge on any atom is -0.342 e. The summed E-state index contributed by atoms with van der Waals surface area (Å²) < 4.78 is 0. The van der Waals surface area contributed by atoms with Gasteiger partial charge in [-0.3, -0.25) is 14.4 Å². The lowest BCUT2D eigenvalue weighted by molar-refractivity contribution is -0.920. The van der Waals surface area contributed by atoms with Crippen LogP contribution in [0.2, 0.25) is 5.02 Å². The van der Waals surface area contributed by atoms with E-state index in [0.717, 1.165) is 56.8 Å². The molecular weight excluding hydrogens is 390 g/mol. The first-order valence-corrected chi connectivity index (χ1v) is 11.2. The van der Waals surface area contributed by atoms with Gasteiger partial charge in [0.05, 0.1) is 25.2 Å². The van der Waals surface area contributed by atoms with Crippen LogP contribution >= 0.6 is 11.6 Å². The number of hydrogen-bond donors (Lipinski definition) is 1. The summed E-state index contributed by atoms with van der Waals surface area (Å²) in [6, 6.07) is 6.52. The predicted molar refractivity (Wildman–Crippen MR) is 111 cm³/mol. The summed E-state index contributed by atoms with van der Waals surface area (Å²) in [5, 5.41) is 0.506. The molecule has 1 atom stereocenters. The minimum absolute atomic E-state index is 0.0630. The largest absolute Gasteiger partial charge is 0.342 e. The summed E-state index contributed by atoms with van der Waals surface area (Å²) in [5.41, 5.74) is 0.542. The van der Waals surface area contributed by atoms with Crippen LogP contribution in [-0.2, 0) is 14.4 Å². The van der Waals surface area contributed by atoms with Gasteiger partial charge in [0.2, 0.25) is 11.8 Å².